The van der Waals surface area contributed by atoms with E-state index in [1.165, 1.54) is 63.8 Å². The Kier molecular flexibility index (Phi) is 4.02. The van der Waals surface area contributed by atoms with Gasteiger partial charge in [0.2, 0.25) is 0 Å². The number of rotatable bonds is 3. The molecule has 2 aliphatic carbocycles. The molecule has 2 aliphatic rings. The summed E-state index contributed by atoms with van der Waals surface area (Å²) in [6.45, 7) is 2.01. The van der Waals surface area contributed by atoms with Crippen molar-refractivity contribution >= 4 is 11.6 Å². The van der Waals surface area contributed by atoms with Gasteiger partial charge in [0, 0.05) is 6.42 Å². The van der Waals surface area contributed by atoms with E-state index in [1.807, 2.05) is 6.92 Å². The Labute approximate surface area is 177 Å². The molecule has 30 heavy (non-hydrogen) atoms. The van der Waals surface area contributed by atoms with Gasteiger partial charge in [-0.3, -0.25) is 0 Å². The zero-order chi connectivity index (χ0) is 20.1. The highest BCUT2D eigenvalue weighted by Gasteiger charge is 2.26. The maximum absolute atomic E-state index is 5.94. The Bertz CT molecular complexity index is 1270. The van der Waals surface area contributed by atoms with E-state index in [0.717, 1.165) is 17.9 Å². The zero-order valence-electron chi connectivity index (χ0n) is 17.2. The fraction of sp³-hybridized carbons (Fsp3) is 0.172. The number of aryl methyl sites for hydroxylation is 2. The molecule has 0 unspecified atom stereocenters. The molecule has 4 aromatic rings. The number of hydrogen-bond donors (Lipinski definition) is 0. The first kappa shape index (κ1) is 17.5. The topological polar surface area (TPSA) is 13.1 Å². The molecule has 3 aromatic carbocycles. The van der Waals surface area contributed by atoms with E-state index in [9.17, 15) is 0 Å². The molecule has 0 fully saturated rings. The lowest BCUT2D eigenvalue weighted by atomic mass is 9.88. The van der Waals surface area contributed by atoms with Crippen LogP contribution in [0.25, 0.3) is 33.9 Å². The zero-order valence-corrected chi connectivity index (χ0v) is 17.2. The van der Waals surface area contributed by atoms with Crippen molar-refractivity contribution in [3.8, 4) is 22.3 Å². The van der Waals surface area contributed by atoms with Crippen molar-refractivity contribution in [2.45, 2.75) is 32.6 Å². The molecule has 0 radical (unpaired) electrons. The minimum Gasteiger partial charge on any atom is -0.462 e. The van der Waals surface area contributed by atoms with Crippen LogP contribution in [0, 0.1) is 6.92 Å². The molecule has 146 valence electrons. The number of benzene rings is 3. The third-order valence-corrected chi connectivity index (χ3v) is 6.58. The second-order valence-electron chi connectivity index (χ2n) is 8.51. The third kappa shape index (κ3) is 2.85. The minimum atomic E-state index is 0.950. The third-order valence-electron chi connectivity index (χ3n) is 6.58. The SMILES string of the molecule is Cc1ccc(C2=Cc3cc4c(c(-c5ccc(-c6ccccc6)cc5)c3C2)CCC4)o1. The normalized spacial score (nSPS) is 14.5. The Morgan fingerprint density at radius 1 is 0.733 bits per heavy atom. The quantitative estimate of drug-likeness (QED) is 0.354. The van der Waals surface area contributed by atoms with Crippen LogP contribution < -0.4 is 0 Å². The van der Waals surface area contributed by atoms with Gasteiger partial charge in [0.1, 0.15) is 11.5 Å². The first-order chi connectivity index (χ1) is 14.8. The molecule has 1 aromatic heterocycles. The van der Waals surface area contributed by atoms with Gasteiger partial charge >= 0.3 is 0 Å². The molecule has 0 bridgehead atoms. The van der Waals surface area contributed by atoms with Crippen LogP contribution in [-0.2, 0) is 19.3 Å². The average Bonchev–Trinajstić information content (AvgIpc) is 3.52. The second kappa shape index (κ2) is 6.88. The van der Waals surface area contributed by atoms with Gasteiger partial charge in [-0.25, -0.2) is 0 Å². The predicted octanol–water partition coefficient (Wildman–Crippen LogP) is 7.51. The van der Waals surface area contributed by atoms with Crippen LogP contribution in [0.5, 0.6) is 0 Å². The summed E-state index contributed by atoms with van der Waals surface area (Å²) in [5, 5.41) is 0. The van der Waals surface area contributed by atoms with Crippen LogP contribution >= 0.6 is 0 Å². The molecule has 1 heteroatoms. The lowest BCUT2D eigenvalue weighted by Gasteiger charge is -2.16. The van der Waals surface area contributed by atoms with Gasteiger partial charge in [-0.05, 0) is 94.5 Å². The van der Waals surface area contributed by atoms with Gasteiger partial charge in [0.25, 0.3) is 0 Å². The van der Waals surface area contributed by atoms with Crippen molar-refractivity contribution in [3.63, 3.8) is 0 Å². The van der Waals surface area contributed by atoms with E-state index in [0.29, 0.717) is 0 Å². The summed E-state index contributed by atoms with van der Waals surface area (Å²) in [6.07, 6.45) is 6.94. The van der Waals surface area contributed by atoms with Crippen molar-refractivity contribution in [3.05, 3.63) is 107 Å². The van der Waals surface area contributed by atoms with Gasteiger partial charge < -0.3 is 4.42 Å². The molecule has 6 rings (SSSR count). The van der Waals surface area contributed by atoms with Gasteiger partial charge in [-0.15, -0.1) is 0 Å². The van der Waals surface area contributed by atoms with Crippen molar-refractivity contribution < 1.29 is 4.42 Å². The van der Waals surface area contributed by atoms with E-state index < -0.39 is 0 Å². The van der Waals surface area contributed by atoms with Crippen LogP contribution in [0.2, 0.25) is 0 Å². The van der Waals surface area contributed by atoms with Crippen molar-refractivity contribution in [2.24, 2.45) is 0 Å². The summed E-state index contributed by atoms with van der Waals surface area (Å²) in [4.78, 5) is 0. The standard InChI is InChI=1S/C29H24O/c1-19-10-15-28(30-19)25-17-24-16-23-8-5-9-26(23)29(27(24)18-25)22-13-11-21(12-14-22)20-6-3-2-4-7-20/h2-4,6-7,10-17H,5,8-9,18H2,1H3. The lowest BCUT2D eigenvalue weighted by Crippen LogP contribution is -1.97. The molecule has 0 aliphatic heterocycles. The van der Waals surface area contributed by atoms with Crippen LogP contribution in [0.4, 0.5) is 0 Å². The van der Waals surface area contributed by atoms with E-state index >= 15 is 0 Å². The van der Waals surface area contributed by atoms with Gasteiger partial charge in [0.05, 0.1) is 0 Å². The number of furan rings is 1. The summed E-state index contributed by atoms with van der Waals surface area (Å²) in [7, 11) is 0. The van der Waals surface area contributed by atoms with Crippen molar-refractivity contribution in [1.82, 2.24) is 0 Å². The maximum Gasteiger partial charge on any atom is 0.130 e. The van der Waals surface area contributed by atoms with Gasteiger partial charge in [-0.2, -0.15) is 0 Å². The highest BCUT2D eigenvalue weighted by Crippen LogP contribution is 2.44. The van der Waals surface area contributed by atoms with E-state index in [4.69, 9.17) is 4.42 Å². The van der Waals surface area contributed by atoms with Crippen molar-refractivity contribution in [2.75, 3.05) is 0 Å². The molecular weight excluding hydrogens is 364 g/mol. The summed E-state index contributed by atoms with van der Waals surface area (Å²) in [5.74, 6) is 1.98. The Morgan fingerprint density at radius 2 is 1.50 bits per heavy atom. The largest absolute Gasteiger partial charge is 0.462 e. The van der Waals surface area contributed by atoms with E-state index in [2.05, 4.69) is 78.9 Å². The maximum atomic E-state index is 5.94. The molecule has 1 nitrogen and oxygen atoms in total. The summed E-state index contributed by atoms with van der Waals surface area (Å²) < 4.78 is 5.94. The highest BCUT2D eigenvalue weighted by atomic mass is 16.3. The number of fused-ring (bicyclic) bond motifs is 2. The molecule has 0 amide bonds. The molecule has 1 heterocycles. The molecule has 0 atom stereocenters. The van der Waals surface area contributed by atoms with Gasteiger partial charge in [0.15, 0.2) is 0 Å². The second-order valence-corrected chi connectivity index (χ2v) is 8.51. The van der Waals surface area contributed by atoms with Crippen LogP contribution in [0.15, 0.2) is 77.2 Å². The monoisotopic (exact) mass is 388 g/mol. The summed E-state index contributed by atoms with van der Waals surface area (Å²) >= 11 is 0. The smallest absolute Gasteiger partial charge is 0.130 e. The fourth-order valence-corrected chi connectivity index (χ4v) is 5.14. The van der Waals surface area contributed by atoms with Crippen molar-refractivity contribution in [1.29, 1.82) is 0 Å². The molecular formula is C29H24O. The summed E-state index contributed by atoms with van der Waals surface area (Å²) in [5.41, 5.74) is 12.6. The molecule has 0 N–H and O–H groups in total. The fourth-order valence-electron chi connectivity index (χ4n) is 5.14. The molecule has 0 spiro atoms. The number of allylic oxidation sites excluding steroid dienone is 1. The summed E-state index contributed by atoms with van der Waals surface area (Å²) in [6, 6.07) is 26.4. The van der Waals surface area contributed by atoms with Crippen LogP contribution in [-0.4, -0.2) is 0 Å². The number of hydrogen-bond acceptors (Lipinski definition) is 1. The van der Waals surface area contributed by atoms with Gasteiger partial charge in [-0.1, -0.05) is 60.7 Å². The highest BCUT2D eigenvalue weighted by molar-refractivity contribution is 5.92. The Hall–Kier alpha value is -3.32. The van der Waals surface area contributed by atoms with Crippen LogP contribution in [0.1, 0.15) is 40.2 Å². The minimum absolute atomic E-state index is 0.950. The predicted molar refractivity (Wildman–Crippen MR) is 124 cm³/mol. The van der Waals surface area contributed by atoms with E-state index in [-0.39, 0.29) is 0 Å². The molecule has 0 saturated heterocycles. The molecule has 0 saturated carbocycles. The first-order valence-corrected chi connectivity index (χ1v) is 10.9. The lowest BCUT2D eigenvalue weighted by molar-refractivity contribution is 0.521. The first-order valence-electron chi connectivity index (χ1n) is 10.9. The van der Waals surface area contributed by atoms with E-state index in [1.54, 1.807) is 5.56 Å². The Balaban J connectivity index is 1.44. The Morgan fingerprint density at radius 3 is 2.27 bits per heavy atom. The average molecular weight is 389 g/mol. The van der Waals surface area contributed by atoms with Crippen LogP contribution in [0.3, 0.4) is 0 Å².